The van der Waals surface area contributed by atoms with Crippen LogP contribution in [0.3, 0.4) is 0 Å². The highest BCUT2D eigenvalue weighted by molar-refractivity contribution is 7.89. The van der Waals surface area contributed by atoms with Crippen molar-refractivity contribution >= 4 is 15.9 Å². The molecule has 0 aromatic heterocycles. The molecule has 1 N–H and O–H groups in total. The van der Waals surface area contributed by atoms with E-state index < -0.39 is 21.8 Å². The number of nitrogens with zero attached hydrogens (tertiary/aromatic N) is 2. The first kappa shape index (κ1) is 25.2. The molecule has 1 unspecified atom stereocenters. The largest absolute Gasteiger partial charge is 0.416 e. The Morgan fingerprint density at radius 1 is 1.09 bits per heavy atom. The molecule has 1 aliphatic heterocycles. The van der Waals surface area contributed by atoms with E-state index in [2.05, 4.69) is 5.32 Å². The fourth-order valence-electron chi connectivity index (χ4n) is 3.98. The van der Waals surface area contributed by atoms with Gasteiger partial charge in [-0.15, -0.1) is 0 Å². The van der Waals surface area contributed by atoms with E-state index >= 15 is 0 Å². The maximum absolute atomic E-state index is 12.9. The number of likely N-dealkylation sites (tertiary alicyclic amines) is 1. The minimum absolute atomic E-state index is 0.0564. The molecule has 1 fully saturated rings. The second-order valence-corrected chi connectivity index (χ2v) is 10.4. The van der Waals surface area contributed by atoms with Crippen LogP contribution in [-0.4, -0.2) is 50.7 Å². The second-order valence-electron chi connectivity index (χ2n) is 8.27. The number of carbonyl (C=O) groups excluding carboxylic acids is 1. The Morgan fingerprint density at radius 3 is 2.39 bits per heavy atom. The van der Waals surface area contributed by atoms with Crippen molar-refractivity contribution in [2.75, 3.05) is 27.2 Å². The standard InChI is InChI=1S/C23H28F3N3O3S/c1-28(2)33(31,32)21-9-4-3-7-18(21)15-27-22(30)16-29-14-6-5-8-20(29)17-10-12-19(13-11-17)23(24,25)26/h3-4,7,9-13,20H,5-6,8,14-16H2,1-2H3,(H,27,30). The Kier molecular flexibility index (Phi) is 7.81. The molecule has 1 heterocycles. The van der Waals surface area contributed by atoms with E-state index in [1.54, 1.807) is 18.2 Å². The van der Waals surface area contributed by atoms with Crippen molar-refractivity contribution in [3.8, 4) is 0 Å². The van der Waals surface area contributed by atoms with Gasteiger partial charge in [-0.05, 0) is 48.7 Å². The normalized spacial score (nSPS) is 17.8. The first-order chi connectivity index (χ1) is 15.5. The number of sulfonamides is 1. The number of alkyl halides is 3. The first-order valence-electron chi connectivity index (χ1n) is 10.7. The third-order valence-corrected chi connectivity index (χ3v) is 7.71. The van der Waals surface area contributed by atoms with Gasteiger partial charge in [-0.1, -0.05) is 36.8 Å². The average molecular weight is 484 g/mol. The van der Waals surface area contributed by atoms with Crippen LogP contribution >= 0.6 is 0 Å². The number of hydrogen-bond donors (Lipinski definition) is 1. The lowest BCUT2D eigenvalue weighted by Gasteiger charge is -2.35. The minimum Gasteiger partial charge on any atom is -0.351 e. The van der Waals surface area contributed by atoms with E-state index in [-0.39, 0.29) is 29.9 Å². The molecule has 0 bridgehead atoms. The molecular formula is C23H28F3N3O3S. The highest BCUT2D eigenvalue weighted by Gasteiger charge is 2.31. The molecule has 3 rings (SSSR count). The van der Waals surface area contributed by atoms with Gasteiger partial charge in [0.25, 0.3) is 0 Å². The minimum atomic E-state index is -4.39. The Hall–Kier alpha value is -2.43. The van der Waals surface area contributed by atoms with Crippen molar-refractivity contribution in [2.45, 2.75) is 42.9 Å². The smallest absolute Gasteiger partial charge is 0.351 e. The fraction of sp³-hybridized carbons (Fsp3) is 0.435. The van der Waals surface area contributed by atoms with Crippen LogP contribution in [0.15, 0.2) is 53.4 Å². The summed E-state index contributed by atoms with van der Waals surface area (Å²) in [5.41, 5.74) is 0.535. The van der Waals surface area contributed by atoms with Crippen LogP contribution in [0.2, 0.25) is 0 Å². The van der Waals surface area contributed by atoms with Gasteiger partial charge in [0.1, 0.15) is 0 Å². The Morgan fingerprint density at radius 2 is 1.76 bits per heavy atom. The number of piperidine rings is 1. The van der Waals surface area contributed by atoms with Crippen molar-refractivity contribution in [3.05, 3.63) is 65.2 Å². The Balaban J connectivity index is 1.67. The molecule has 1 atom stereocenters. The molecule has 1 amide bonds. The van der Waals surface area contributed by atoms with Gasteiger partial charge >= 0.3 is 6.18 Å². The summed E-state index contributed by atoms with van der Waals surface area (Å²) in [7, 11) is -0.756. The monoisotopic (exact) mass is 483 g/mol. The van der Waals surface area contributed by atoms with Crippen LogP contribution in [-0.2, 0) is 27.5 Å². The molecule has 180 valence electrons. The van der Waals surface area contributed by atoms with Gasteiger partial charge < -0.3 is 5.32 Å². The molecule has 6 nitrogen and oxygen atoms in total. The number of carbonyl (C=O) groups is 1. The molecule has 0 saturated carbocycles. The van der Waals surface area contributed by atoms with Crippen LogP contribution in [0.1, 0.15) is 42.0 Å². The number of amides is 1. The number of halogens is 3. The topological polar surface area (TPSA) is 69.7 Å². The Labute approximate surface area is 192 Å². The second kappa shape index (κ2) is 10.2. The predicted octanol–water partition coefficient (Wildman–Crippen LogP) is 3.80. The van der Waals surface area contributed by atoms with E-state index in [0.29, 0.717) is 12.1 Å². The molecule has 10 heteroatoms. The molecular weight excluding hydrogens is 455 g/mol. The number of nitrogens with one attached hydrogen (secondary N) is 1. The summed E-state index contributed by atoms with van der Waals surface area (Å²) in [6, 6.07) is 11.5. The van der Waals surface area contributed by atoms with E-state index in [9.17, 15) is 26.4 Å². The van der Waals surface area contributed by atoms with Crippen LogP contribution < -0.4 is 5.32 Å². The zero-order valence-electron chi connectivity index (χ0n) is 18.6. The number of rotatable bonds is 7. The predicted molar refractivity (Wildman–Crippen MR) is 119 cm³/mol. The molecule has 2 aromatic carbocycles. The number of benzene rings is 2. The molecule has 0 radical (unpaired) electrons. The van der Waals surface area contributed by atoms with Gasteiger partial charge in [0.05, 0.1) is 17.0 Å². The summed E-state index contributed by atoms with van der Waals surface area (Å²) in [5.74, 6) is -0.272. The third kappa shape index (κ3) is 6.13. The average Bonchev–Trinajstić information content (AvgIpc) is 2.77. The lowest BCUT2D eigenvalue weighted by molar-refractivity contribution is -0.137. The molecule has 1 saturated heterocycles. The summed E-state index contributed by atoms with van der Waals surface area (Å²) in [6.07, 6.45) is -1.81. The molecule has 2 aromatic rings. The lowest BCUT2D eigenvalue weighted by Crippen LogP contribution is -2.41. The number of hydrogen-bond acceptors (Lipinski definition) is 4. The van der Waals surface area contributed by atoms with Crippen LogP contribution in [0, 0.1) is 0 Å². The van der Waals surface area contributed by atoms with Crippen molar-refractivity contribution in [1.29, 1.82) is 0 Å². The summed E-state index contributed by atoms with van der Waals surface area (Å²) in [4.78, 5) is 14.8. The van der Waals surface area contributed by atoms with Gasteiger partial charge in [0, 0.05) is 26.7 Å². The molecule has 0 spiro atoms. The summed E-state index contributed by atoms with van der Waals surface area (Å²) in [5, 5.41) is 2.79. The van der Waals surface area contributed by atoms with Crippen LogP contribution in [0.25, 0.3) is 0 Å². The van der Waals surface area contributed by atoms with Gasteiger partial charge in [-0.2, -0.15) is 13.2 Å². The molecule has 1 aliphatic rings. The summed E-state index contributed by atoms with van der Waals surface area (Å²) >= 11 is 0. The maximum atomic E-state index is 12.9. The van der Waals surface area contributed by atoms with E-state index in [4.69, 9.17) is 0 Å². The van der Waals surface area contributed by atoms with Crippen molar-refractivity contribution in [2.24, 2.45) is 0 Å². The molecule has 0 aliphatic carbocycles. The maximum Gasteiger partial charge on any atom is 0.416 e. The van der Waals surface area contributed by atoms with Crippen LogP contribution in [0.5, 0.6) is 0 Å². The SMILES string of the molecule is CN(C)S(=O)(=O)c1ccccc1CNC(=O)CN1CCCCC1c1ccc(C(F)(F)F)cc1. The highest BCUT2D eigenvalue weighted by Crippen LogP contribution is 2.34. The van der Waals surface area contributed by atoms with Crippen molar-refractivity contribution in [3.63, 3.8) is 0 Å². The lowest BCUT2D eigenvalue weighted by atomic mass is 9.94. The summed E-state index contributed by atoms with van der Waals surface area (Å²) < 4.78 is 64.8. The fourth-order valence-corrected chi connectivity index (χ4v) is 5.10. The summed E-state index contributed by atoms with van der Waals surface area (Å²) in [6.45, 7) is 0.792. The first-order valence-corrected chi connectivity index (χ1v) is 12.1. The van der Waals surface area contributed by atoms with E-state index in [1.807, 2.05) is 4.90 Å². The Bertz CT molecular complexity index is 1070. The van der Waals surface area contributed by atoms with Crippen LogP contribution in [0.4, 0.5) is 13.2 Å². The van der Waals surface area contributed by atoms with Crippen molar-refractivity contribution in [1.82, 2.24) is 14.5 Å². The van der Waals surface area contributed by atoms with E-state index in [0.717, 1.165) is 41.3 Å². The molecule has 33 heavy (non-hydrogen) atoms. The van der Waals surface area contributed by atoms with E-state index in [1.165, 1.54) is 32.3 Å². The third-order valence-electron chi connectivity index (χ3n) is 5.79. The van der Waals surface area contributed by atoms with Gasteiger partial charge in [-0.25, -0.2) is 12.7 Å². The van der Waals surface area contributed by atoms with Gasteiger partial charge in [0.15, 0.2) is 0 Å². The quantitative estimate of drug-likeness (QED) is 0.651. The highest BCUT2D eigenvalue weighted by atomic mass is 32.2. The zero-order valence-corrected chi connectivity index (χ0v) is 19.4. The van der Waals surface area contributed by atoms with Crippen molar-refractivity contribution < 1.29 is 26.4 Å². The van der Waals surface area contributed by atoms with Gasteiger partial charge in [0.2, 0.25) is 15.9 Å². The zero-order chi connectivity index (χ0) is 24.2. The van der Waals surface area contributed by atoms with Gasteiger partial charge in [-0.3, -0.25) is 9.69 Å².